The lowest BCUT2D eigenvalue weighted by molar-refractivity contribution is 0.0996. The van der Waals surface area contributed by atoms with Crippen molar-refractivity contribution in [3.8, 4) is 0 Å². The zero-order chi connectivity index (χ0) is 15.1. The molecule has 0 radical (unpaired) electrons. The second kappa shape index (κ2) is 5.08. The molecule has 0 spiro atoms. The fraction of sp³-hybridized carbons (Fsp3) is 0.438. The summed E-state index contributed by atoms with van der Waals surface area (Å²) in [7, 11) is 0. The number of hydrogen-bond donors (Lipinski definition) is 0. The third-order valence-corrected chi connectivity index (χ3v) is 3.93. The molecule has 1 aromatic carbocycles. The summed E-state index contributed by atoms with van der Waals surface area (Å²) in [5, 5.41) is 0. The monoisotopic (exact) mass is 282 g/mol. The Kier molecular flexibility index (Phi) is 3.76. The van der Waals surface area contributed by atoms with E-state index in [1.807, 2.05) is 20.8 Å². The summed E-state index contributed by atoms with van der Waals surface area (Å²) in [5.74, 6) is -4.62. The summed E-state index contributed by atoms with van der Waals surface area (Å²) < 4.78 is 39.5. The van der Waals surface area contributed by atoms with Crippen LogP contribution < -0.4 is 0 Å². The van der Waals surface area contributed by atoms with Crippen LogP contribution in [0.1, 0.15) is 50.4 Å². The van der Waals surface area contributed by atoms with Crippen molar-refractivity contribution in [2.24, 2.45) is 5.41 Å². The van der Waals surface area contributed by atoms with Gasteiger partial charge in [0.25, 0.3) is 0 Å². The van der Waals surface area contributed by atoms with Gasteiger partial charge in [0.1, 0.15) is 0 Å². The first kappa shape index (κ1) is 14.8. The summed E-state index contributed by atoms with van der Waals surface area (Å²) in [6.45, 7) is 5.75. The molecule has 2 rings (SSSR count). The van der Waals surface area contributed by atoms with Gasteiger partial charge in [-0.3, -0.25) is 4.79 Å². The molecular formula is C16H17F3O. The van der Waals surface area contributed by atoms with Gasteiger partial charge in [-0.1, -0.05) is 19.4 Å². The van der Waals surface area contributed by atoms with Crippen LogP contribution in [0.5, 0.6) is 0 Å². The number of rotatable bonds is 2. The number of hydrogen-bond acceptors (Lipinski definition) is 1. The number of benzene rings is 1. The van der Waals surface area contributed by atoms with Crippen LogP contribution in [0.2, 0.25) is 0 Å². The van der Waals surface area contributed by atoms with E-state index in [9.17, 15) is 18.0 Å². The molecule has 0 amide bonds. The van der Waals surface area contributed by atoms with Crippen molar-refractivity contribution < 1.29 is 18.0 Å². The fourth-order valence-corrected chi connectivity index (χ4v) is 2.96. The average molecular weight is 282 g/mol. The Morgan fingerprint density at radius 1 is 1.15 bits per heavy atom. The van der Waals surface area contributed by atoms with E-state index in [0.717, 1.165) is 37.0 Å². The number of ketones is 1. The van der Waals surface area contributed by atoms with Crippen LogP contribution in [0.4, 0.5) is 13.2 Å². The van der Waals surface area contributed by atoms with Crippen molar-refractivity contribution in [2.75, 3.05) is 0 Å². The molecule has 0 aromatic heterocycles. The molecule has 1 aliphatic rings. The van der Waals surface area contributed by atoms with Crippen molar-refractivity contribution >= 4 is 5.78 Å². The van der Waals surface area contributed by atoms with Gasteiger partial charge >= 0.3 is 0 Å². The van der Waals surface area contributed by atoms with E-state index in [1.54, 1.807) is 0 Å². The van der Waals surface area contributed by atoms with Crippen molar-refractivity contribution in [3.05, 3.63) is 46.3 Å². The Bertz CT molecular complexity index is 577. The fourth-order valence-electron chi connectivity index (χ4n) is 2.96. The molecule has 4 heteroatoms. The standard InChI is InChI=1S/C16H17F3O/c1-9-5-4-6-16(2,3)13(9)15(20)10-7-11(17)14(19)12(18)8-10/h7-8H,4-6H2,1-3H3. The predicted octanol–water partition coefficient (Wildman–Crippen LogP) is 4.81. The summed E-state index contributed by atoms with van der Waals surface area (Å²) in [5.41, 5.74) is 1.07. The molecule has 1 aromatic rings. The van der Waals surface area contributed by atoms with Crippen molar-refractivity contribution in [1.82, 2.24) is 0 Å². The zero-order valence-electron chi connectivity index (χ0n) is 11.8. The topological polar surface area (TPSA) is 17.1 Å². The minimum Gasteiger partial charge on any atom is -0.289 e. The Labute approximate surface area is 116 Å². The molecule has 0 atom stereocenters. The molecule has 0 saturated carbocycles. The molecule has 0 N–H and O–H groups in total. The molecule has 1 aliphatic carbocycles. The lowest BCUT2D eigenvalue weighted by atomic mass is 9.70. The van der Waals surface area contributed by atoms with E-state index < -0.39 is 23.2 Å². The van der Waals surface area contributed by atoms with Gasteiger partial charge in [0.05, 0.1) is 0 Å². The minimum absolute atomic E-state index is 0.134. The van der Waals surface area contributed by atoms with Gasteiger partial charge in [-0.25, -0.2) is 13.2 Å². The van der Waals surface area contributed by atoms with E-state index in [4.69, 9.17) is 0 Å². The first-order valence-electron chi connectivity index (χ1n) is 6.63. The summed E-state index contributed by atoms with van der Waals surface area (Å²) in [6.07, 6.45) is 2.63. The molecule has 0 saturated heterocycles. The number of carbonyl (C=O) groups is 1. The van der Waals surface area contributed by atoms with Gasteiger partial charge in [0, 0.05) is 11.1 Å². The summed E-state index contributed by atoms with van der Waals surface area (Å²) in [6, 6.07) is 1.54. The van der Waals surface area contributed by atoms with Crippen molar-refractivity contribution in [2.45, 2.75) is 40.0 Å². The van der Waals surface area contributed by atoms with E-state index in [-0.39, 0.29) is 11.0 Å². The van der Waals surface area contributed by atoms with Crippen LogP contribution in [0.3, 0.4) is 0 Å². The van der Waals surface area contributed by atoms with Gasteiger partial charge in [0.15, 0.2) is 23.2 Å². The zero-order valence-corrected chi connectivity index (χ0v) is 11.8. The molecule has 0 bridgehead atoms. The number of carbonyl (C=O) groups excluding carboxylic acids is 1. The maximum absolute atomic E-state index is 13.3. The Hall–Kier alpha value is -1.58. The van der Waals surface area contributed by atoms with E-state index >= 15 is 0 Å². The van der Waals surface area contributed by atoms with Crippen LogP contribution in [-0.2, 0) is 0 Å². The Balaban J connectivity index is 2.51. The highest BCUT2D eigenvalue weighted by molar-refractivity contribution is 6.10. The second-order valence-corrected chi connectivity index (χ2v) is 5.98. The third-order valence-electron chi connectivity index (χ3n) is 3.93. The maximum atomic E-state index is 13.3. The maximum Gasteiger partial charge on any atom is 0.194 e. The molecular weight excluding hydrogens is 265 g/mol. The normalized spacial score (nSPS) is 18.3. The molecule has 0 fully saturated rings. The average Bonchev–Trinajstić information content (AvgIpc) is 2.33. The van der Waals surface area contributed by atoms with E-state index in [0.29, 0.717) is 5.57 Å². The SMILES string of the molecule is CC1=C(C(=O)c2cc(F)c(F)c(F)c2)C(C)(C)CCC1. The second-order valence-electron chi connectivity index (χ2n) is 5.98. The van der Waals surface area contributed by atoms with E-state index in [1.165, 1.54) is 0 Å². The van der Waals surface area contributed by atoms with Crippen molar-refractivity contribution in [3.63, 3.8) is 0 Å². The minimum atomic E-state index is -1.55. The molecule has 108 valence electrons. The smallest absolute Gasteiger partial charge is 0.194 e. The highest BCUT2D eigenvalue weighted by Gasteiger charge is 2.34. The van der Waals surface area contributed by atoms with Crippen LogP contribution in [0.15, 0.2) is 23.3 Å². The van der Waals surface area contributed by atoms with Crippen LogP contribution in [-0.4, -0.2) is 5.78 Å². The largest absolute Gasteiger partial charge is 0.289 e. The third kappa shape index (κ3) is 2.51. The summed E-state index contributed by atoms with van der Waals surface area (Å²) >= 11 is 0. The van der Waals surface area contributed by atoms with Gasteiger partial charge in [-0.15, -0.1) is 0 Å². The Morgan fingerprint density at radius 3 is 2.20 bits per heavy atom. The van der Waals surface area contributed by atoms with Gasteiger partial charge in [-0.05, 0) is 43.7 Å². The molecule has 0 unspecified atom stereocenters. The van der Waals surface area contributed by atoms with E-state index in [2.05, 4.69) is 0 Å². The van der Waals surface area contributed by atoms with Crippen LogP contribution in [0, 0.1) is 22.9 Å². The van der Waals surface area contributed by atoms with Gasteiger partial charge < -0.3 is 0 Å². The van der Waals surface area contributed by atoms with Crippen LogP contribution in [0.25, 0.3) is 0 Å². The first-order valence-corrected chi connectivity index (χ1v) is 6.63. The molecule has 0 aliphatic heterocycles. The number of Topliss-reactive ketones (excluding diaryl/α,β-unsaturated/α-hetero) is 1. The highest BCUT2D eigenvalue weighted by Crippen LogP contribution is 2.41. The lowest BCUT2D eigenvalue weighted by Gasteiger charge is -2.33. The summed E-state index contributed by atoms with van der Waals surface area (Å²) in [4.78, 5) is 12.5. The number of allylic oxidation sites excluding steroid dienone is 2. The predicted molar refractivity (Wildman–Crippen MR) is 71.0 cm³/mol. The van der Waals surface area contributed by atoms with Gasteiger partial charge in [-0.2, -0.15) is 0 Å². The quantitative estimate of drug-likeness (QED) is 0.562. The molecule has 0 heterocycles. The van der Waals surface area contributed by atoms with Gasteiger partial charge in [0.2, 0.25) is 0 Å². The molecule has 1 nitrogen and oxygen atoms in total. The van der Waals surface area contributed by atoms with Crippen LogP contribution >= 0.6 is 0 Å². The van der Waals surface area contributed by atoms with Crippen molar-refractivity contribution in [1.29, 1.82) is 0 Å². The molecule has 20 heavy (non-hydrogen) atoms. The lowest BCUT2D eigenvalue weighted by Crippen LogP contribution is -2.26. The Morgan fingerprint density at radius 2 is 1.70 bits per heavy atom. The number of halogens is 3. The highest BCUT2D eigenvalue weighted by atomic mass is 19.2. The first-order chi connectivity index (χ1) is 9.24.